The number of aryl methyl sites for hydroxylation is 1. The topological polar surface area (TPSA) is 106 Å². The summed E-state index contributed by atoms with van der Waals surface area (Å²) >= 11 is 0. The van der Waals surface area contributed by atoms with Crippen molar-refractivity contribution in [2.45, 2.75) is 25.8 Å². The van der Waals surface area contributed by atoms with E-state index in [-0.39, 0.29) is 11.9 Å². The van der Waals surface area contributed by atoms with Gasteiger partial charge in [-0.15, -0.1) is 0 Å². The third-order valence-corrected chi connectivity index (χ3v) is 4.85. The maximum Gasteiger partial charge on any atom is 0.267 e. The molecule has 1 atom stereocenters. The van der Waals surface area contributed by atoms with Crippen molar-refractivity contribution in [2.75, 3.05) is 20.2 Å². The van der Waals surface area contributed by atoms with Gasteiger partial charge in [0.2, 0.25) is 0 Å². The molecule has 0 radical (unpaired) electrons. The minimum atomic E-state index is -0.182. The Kier molecular flexibility index (Phi) is 6.34. The van der Waals surface area contributed by atoms with Crippen LogP contribution in [0.4, 0.5) is 0 Å². The van der Waals surface area contributed by atoms with Crippen LogP contribution in [0, 0.1) is 6.92 Å². The zero-order chi connectivity index (χ0) is 20.1. The number of rotatable bonds is 8. The van der Waals surface area contributed by atoms with Crippen LogP contribution < -0.4 is 21.5 Å². The van der Waals surface area contributed by atoms with Crippen LogP contribution in [0.1, 0.15) is 28.9 Å². The first-order valence-electron chi connectivity index (χ1n) is 9.53. The molecule has 0 aliphatic heterocycles. The van der Waals surface area contributed by atoms with E-state index >= 15 is 0 Å². The Morgan fingerprint density at radius 1 is 1.18 bits per heavy atom. The molecular weight excluding hydrogens is 352 g/mol. The fourth-order valence-electron chi connectivity index (χ4n) is 3.21. The standard InChI is InChI=1S/C22H28N4O2/c1-14-5-7-15(8-6-14)16-10-19-18(21(11-16)28-2)12-20(26-19)22(27)25-13-17(24)4-3-9-23/h5-8,10-12,17,26H,3-4,9,13,23-24H2,1-2H3,(H,25,27)/t17-/m1/s1. The van der Waals surface area contributed by atoms with Crippen molar-refractivity contribution in [3.05, 3.63) is 53.7 Å². The van der Waals surface area contributed by atoms with Crippen molar-refractivity contribution in [2.24, 2.45) is 11.5 Å². The summed E-state index contributed by atoms with van der Waals surface area (Å²) in [6.07, 6.45) is 1.64. The lowest BCUT2D eigenvalue weighted by molar-refractivity contribution is 0.0946. The van der Waals surface area contributed by atoms with Crippen LogP contribution in [0.5, 0.6) is 5.75 Å². The zero-order valence-corrected chi connectivity index (χ0v) is 16.4. The number of methoxy groups -OCH3 is 1. The van der Waals surface area contributed by atoms with E-state index in [1.165, 1.54) is 5.56 Å². The average Bonchev–Trinajstić information content (AvgIpc) is 3.14. The summed E-state index contributed by atoms with van der Waals surface area (Å²) in [5.41, 5.74) is 16.2. The lowest BCUT2D eigenvalue weighted by atomic mass is 10.0. The lowest BCUT2D eigenvalue weighted by Gasteiger charge is -2.11. The second-order valence-electron chi connectivity index (χ2n) is 7.09. The molecule has 0 bridgehead atoms. The van der Waals surface area contributed by atoms with Gasteiger partial charge in [0, 0.05) is 18.0 Å². The molecule has 6 heteroatoms. The second kappa shape index (κ2) is 8.91. The molecule has 3 aromatic rings. The number of amides is 1. The fraction of sp³-hybridized carbons (Fsp3) is 0.318. The summed E-state index contributed by atoms with van der Waals surface area (Å²) in [5, 5.41) is 3.75. The van der Waals surface area contributed by atoms with Gasteiger partial charge in [-0.05, 0) is 55.6 Å². The van der Waals surface area contributed by atoms with Crippen LogP contribution in [-0.2, 0) is 0 Å². The van der Waals surface area contributed by atoms with Gasteiger partial charge in [0.25, 0.3) is 5.91 Å². The van der Waals surface area contributed by atoms with Crippen LogP contribution in [0.25, 0.3) is 22.0 Å². The van der Waals surface area contributed by atoms with Crippen LogP contribution in [0.3, 0.4) is 0 Å². The van der Waals surface area contributed by atoms with E-state index in [9.17, 15) is 4.79 Å². The molecular formula is C22H28N4O2. The smallest absolute Gasteiger partial charge is 0.267 e. The number of carbonyl (C=O) groups is 1. The summed E-state index contributed by atoms with van der Waals surface area (Å²) < 4.78 is 5.57. The Morgan fingerprint density at radius 3 is 2.61 bits per heavy atom. The molecule has 1 amide bonds. The van der Waals surface area contributed by atoms with E-state index in [0.29, 0.717) is 18.8 Å². The first-order valence-corrected chi connectivity index (χ1v) is 9.53. The monoisotopic (exact) mass is 380 g/mol. The van der Waals surface area contributed by atoms with Gasteiger partial charge in [0.15, 0.2) is 0 Å². The first-order chi connectivity index (χ1) is 13.5. The Balaban J connectivity index is 1.84. The Labute approximate surface area is 165 Å². The van der Waals surface area contributed by atoms with Crippen LogP contribution in [0.2, 0.25) is 0 Å². The predicted octanol–water partition coefficient (Wildman–Crippen LogP) is 2.95. The lowest BCUT2D eigenvalue weighted by Crippen LogP contribution is -2.37. The molecule has 0 spiro atoms. The molecule has 3 rings (SSSR count). The fourth-order valence-corrected chi connectivity index (χ4v) is 3.21. The summed E-state index contributed by atoms with van der Waals surface area (Å²) in [7, 11) is 1.64. The molecule has 6 nitrogen and oxygen atoms in total. The average molecular weight is 380 g/mol. The maximum absolute atomic E-state index is 12.5. The quantitative estimate of drug-likeness (QED) is 0.482. The Bertz CT molecular complexity index is 947. The van der Waals surface area contributed by atoms with Crippen LogP contribution in [-0.4, -0.2) is 37.1 Å². The van der Waals surface area contributed by atoms with Crippen molar-refractivity contribution in [3.63, 3.8) is 0 Å². The van der Waals surface area contributed by atoms with E-state index in [4.69, 9.17) is 16.2 Å². The minimum absolute atomic E-state index is 0.0976. The predicted molar refractivity (Wildman–Crippen MR) is 114 cm³/mol. The summed E-state index contributed by atoms with van der Waals surface area (Å²) in [6, 6.07) is 14.1. The zero-order valence-electron chi connectivity index (χ0n) is 16.4. The highest BCUT2D eigenvalue weighted by Gasteiger charge is 2.15. The number of fused-ring (bicyclic) bond motifs is 1. The summed E-state index contributed by atoms with van der Waals surface area (Å²) in [5.74, 6) is 0.543. The molecule has 28 heavy (non-hydrogen) atoms. The van der Waals surface area contributed by atoms with Crippen molar-refractivity contribution >= 4 is 16.8 Å². The number of hydrogen-bond donors (Lipinski definition) is 4. The number of H-pyrrole nitrogens is 1. The number of ether oxygens (including phenoxy) is 1. The third kappa shape index (κ3) is 4.52. The van der Waals surface area contributed by atoms with Crippen LogP contribution in [0.15, 0.2) is 42.5 Å². The second-order valence-corrected chi connectivity index (χ2v) is 7.09. The van der Waals surface area contributed by atoms with E-state index in [0.717, 1.165) is 40.6 Å². The molecule has 1 heterocycles. The highest BCUT2D eigenvalue weighted by molar-refractivity contribution is 6.01. The molecule has 0 saturated heterocycles. The molecule has 0 fully saturated rings. The van der Waals surface area contributed by atoms with Crippen molar-refractivity contribution < 1.29 is 9.53 Å². The highest BCUT2D eigenvalue weighted by atomic mass is 16.5. The Hall–Kier alpha value is -2.83. The van der Waals surface area contributed by atoms with E-state index in [1.54, 1.807) is 7.11 Å². The number of benzene rings is 2. The van der Waals surface area contributed by atoms with E-state index in [1.807, 2.05) is 18.2 Å². The highest BCUT2D eigenvalue weighted by Crippen LogP contribution is 2.33. The number of nitrogens with one attached hydrogen (secondary N) is 2. The summed E-state index contributed by atoms with van der Waals surface area (Å²) in [6.45, 7) is 3.08. The van der Waals surface area contributed by atoms with Gasteiger partial charge in [-0.3, -0.25) is 4.79 Å². The van der Waals surface area contributed by atoms with Gasteiger partial charge < -0.3 is 26.5 Å². The van der Waals surface area contributed by atoms with Gasteiger partial charge >= 0.3 is 0 Å². The molecule has 6 N–H and O–H groups in total. The summed E-state index contributed by atoms with van der Waals surface area (Å²) in [4.78, 5) is 15.7. The molecule has 0 saturated carbocycles. The van der Waals surface area contributed by atoms with Crippen LogP contribution >= 0.6 is 0 Å². The molecule has 2 aromatic carbocycles. The van der Waals surface area contributed by atoms with Crippen molar-refractivity contribution in [1.82, 2.24) is 10.3 Å². The van der Waals surface area contributed by atoms with Gasteiger partial charge in [-0.25, -0.2) is 0 Å². The molecule has 1 aromatic heterocycles. The van der Waals surface area contributed by atoms with Gasteiger partial charge in [-0.1, -0.05) is 29.8 Å². The normalized spacial score (nSPS) is 12.1. The first kappa shape index (κ1) is 19.9. The largest absolute Gasteiger partial charge is 0.496 e. The Morgan fingerprint density at radius 2 is 1.93 bits per heavy atom. The minimum Gasteiger partial charge on any atom is -0.496 e. The third-order valence-electron chi connectivity index (χ3n) is 4.85. The number of aromatic nitrogens is 1. The van der Waals surface area contributed by atoms with Crippen molar-refractivity contribution in [3.8, 4) is 16.9 Å². The van der Waals surface area contributed by atoms with E-state index in [2.05, 4.69) is 41.5 Å². The van der Waals surface area contributed by atoms with Gasteiger partial charge in [0.05, 0.1) is 12.6 Å². The molecule has 0 aliphatic rings. The molecule has 148 valence electrons. The van der Waals surface area contributed by atoms with Gasteiger partial charge in [-0.2, -0.15) is 0 Å². The maximum atomic E-state index is 12.5. The number of carbonyl (C=O) groups excluding carboxylic acids is 1. The number of nitrogens with two attached hydrogens (primary N) is 2. The SMILES string of the molecule is COc1cc(-c2ccc(C)cc2)cc2[nH]c(C(=O)NC[C@H](N)CCCN)cc12. The molecule has 0 aliphatic carbocycles. The number of aromatic amines is 1. The van der Waals surface area contributed by atoms with E-state index < -0.39 is 0 Å². The molecule has 0 unspecified atom stereocenters. The van der Waals surface area contributed by atoms with Gasteiger partial charge in [0.1, 0.15) is 11.4 Å². The number of hydrogen-bond acceptors (Lipinski definition) is 4. The van der Waals surface area contributed by atoms with Crippen molar-refractivity contribution in [1.29, 1.82) is 0 Å².